The van der Waals surface area contributed by atoms with Crippen LogP contribution in [0.4, 0.5) is 0 Å². The van der Waals surface area contributed by atoms with Crippen LogP contribution < -0.4 is 10.5 Å². The molecule has 1 amide bonds. The molecule has 0 radical (unpaired) electrons. The summed E-state index contributed by atoms with van der Waals surface area (Å²) in [5, 5.41) is 45.9. The Labute approximate surface area is 236 Å². The third kappa shape index (κ3) is 2.96. The number of primary amides is 1. The Morgan fingerprint density at radius 1 is 1.10 bits per heavy atom. The summed E-state index contributed by atoms with van der Waals surface area (Å²) in [6, 6.07) is 1.41. The molecule has 1 spiro atoms. The number of aromatic hydroxyl groups is 2. The van der Waals surface area contributed by atoms with Crippen LogP contribution in [-0.2, 0) is 26.2 Å². The summed E-state index contributed by atoms with van der Waals surface area (Å²) in [6.07, 6.45) is 2.67. The Bertz CT molecular complexity index is 1680. The molecule has 0 saturated carbocycles. The molecule has 0 heterocycles. The second-order valence-electron chi connectivity index (χ2n) is 12.3. The van der Waals surface area contributed by atoms with Gasteiger partial charge in [0.15, 0.2) is 5.60 Å². The maximum atomic E-state index is 14.2. The van der Waals surface area contributed by atoms with Gasteiger partial charge in [0, 0.05) is 41.9 Å². The minimum atomic E-state index is -2.84. The highest BCUT2D eigenvalue weighted by molar-refractivity contribution is 6.33. The van der Waals surface area contributed by atoms with E-state index in [0.717, 1.165) is 24.0 Å². The van der Waals surface area contributed by atoms with Crippen LogP contribution in [0.3, 0.4) is 0 Å². The molecule has 2 aromatic rings. The van der Waals surface area contributed by atoms with Gasteiger partial charge >= 0.3 is 0 Å². The van der Waals surface area contributed by atoms with Crippen LogP contribution in [0, 0.1) is 11.3 Å². The first-order valence-electron chi connectivity index (χ1n) is 13.6. The van der Waals surface area contributed by atoms with Crippen LogP contribution in [0.2, 0.25) is 0 Å². The summed E-state index contributed by atoms with van der Waals surface area (Å²) in [4.78, 5) is 39.7. The van der Waals surface area contributed by atoms with Crippen LogP contribution in [-0.4, -0.2) is 57.7 Å². The number of carbonyl (C=O) groups is 3. The number of aliphatic hydroxyl groups is 2. The van der Waals surface area contributed by atoms with Crippen molar-refractivity contribution in [3.8, 4) is 17.2 Å². The first-order valence-corrected chi connectivity index (χ1v) is 13.6. The summed E-state index contributed by atoms with van der Waals surface area (Å²) in [7, 11) is 2.86. The number of hydrogen-bond acceptors (Lipinski definition) is 9. The quantitative estimate of drug-likeness (QED) is 0.213. The SMILES string of the molecule is COc1cc(O)c2c(O)c3c(c4c2c1[C@]1(C4)C(C)=CCCC1(C)C)[C@@H](OC)[C@H]1CC(O)=C(C(N)=O)C(=O)[C@@]1(O)C3=O. The molecular weight excluding hydrogens is 530 g/mol. The van der Waals surface area contributed by atoms with E-state index in [2.05, 4.69) is 19.9 Å². The lowest BCUT2D eigenvalue weighted by molar-refractivity contribution is -0.145. The number of ketones is 2. The van der Waals surface area contributed by atoms with Gasteiger partial charge in [-0.15, -0.1) is 0 Å². The van der Waals surface area contributed by atoms with Gasteiger partial charge in [-0.05, 0) is 42.7 Å². The lowest BCUT2D eigenvalue weighted by Crippen LogP contribution is -2.61. The van der Waals surface area contributed by atoms with Gasteiger partial charge < -0.3 is 35.6 Å². The number of rotatable bonds is 3. The third-order valence-electron chi connectivity index (χ3n) is 10.3. The van der Waals surface area contributed by atoms with Crippen LogP contribution in [0.1, 0.15) is 73.2 Å². The zero-order valence-electron chi connectivity index (χ0n) is 23.5. The summed E-state index contributed by atoms with van der Waals surface area (Å²) in [6.45, 7) is 6.36. The topological polar surface area (TPSA) is 177 Å². The van der Waals surface area contributed by atoms with Crippen molar-refractivity contribution in [1.82, 2.24) is 0 Å². The van der Waals surface area contributed by atoms with E-state index in [1.807, 2.05) is 6.92 Å². The number of fused-ring (bicyclic) bond motifs is 4. The highest BCUT2D eigenvalue weighted by Crippen LogP contribution is 2.66. The van der Waals surface area contributed by atoms with Crippen molar-refractivity contribution < 1.29 is 44.3 Å². The Morgan fingerprint density at radius 3 is 2.37 bits per heavy atom. The van der Waals surface area contributed by atoms with Crippen LogP contribution in [0.25, 0.3) is 10.8 Å². The molecule has 4 atom stereocenters. The predicted molar refractivity (Wildman–Crippen MR) is 147 cm³/mol. The van der Waals surface area contributed by atoms with Crippen LogP contribution >= 0.6 is 0 Å². The van der Waals surface area contributed by atoms with Gasteiger partial charge in [0.2, 0.25) is 11.6 Å². The monoisotopic (exact) mass is 563 g/mol. The predicted octanol–water partition coefficient (Wildman–Crippen LogP) is 3.32. The van der Waals surface area contributed by atoms with Crippen molar-refractivity contribution in [3.05, 3.63) is 51.3 Å². The van der Waals surface area contributed by atoms with E-state index >= 15 is 0 Å². The van der Waals surface area contributed by atoms with Crippen LogP contribution in [0.15, 0.2) is 29.0 Å². The molecule has 0 unspecified atom stereocenters. The summed E-state index contributed by atoms with van der Waals surface area (Å²) in [5.41, 5.74) is 3.07. The molecule has 4 aliphatic carbocycles. The maximum absolute atomic E-state index is 14.2. The molecule has 0 aliphatic heterocycles. The molecule has 0 bridgehead atoms. The first kappa shape index (κ1) is 27.3. The Morgan fingerprint density at radius 2 is 1.78 bits per heavy atom. The highest BCUT2D eigenvalue weighted by Gasteiger charge is 2.64. The van der Waals surface area contributed by atoms with Crippen molar-refractivity contribution >= 4 is 28.2 Å². The minimum absolute atomic E-state index is 0.00243. The molecule has 2 aromatic carbocycles. The molecule has 6 N–H and O–H groups in total. The molecule has 216 valence electrons. The average molecular weight is 564 g/mol. The number of allylic oxidation sites excluding steroid dienone is 3. The molecule has 0 fully saturated rings. The molecule has 0 saturated heterocycles. The summed E-state index contributed by atoms with van der Waals surface area (Å²) >= 11 is 0. The number of phenolic OH excluding ortho intramolecular Hbond substituents is 2. The number of aliphatic hydroxyl groups excluding tert-OH is 1. The van der Waals surface area contributed by atoms with Gasteiger partial charge in [-0.3, -0.25) is 14.4 Å². The van der Waals surface area contributed by atoms with Gasteiger partial charge in [0.25, 0.3) is 5.91 Å². The normalized spacial score (nSPS) is 30.0. The van der Waals surface area contributed by atoms with E-state index in [1.54, 1.807) is 0 Å². The standard InChI is InChI=1S/C31H33NO9/c1-12-7-6-8-29(2,3)30(12)11-13-18-20(16(34)10-17(40-4)23(18)30)24(35)22-19(13)25(41-5)14-9-15(33)21(28(32)38)26(36)31(14,39)27(22)37/h7,10,14,25,33-35,39H,6,8-9,11H2,1-5H3,(H2,32,38)/t14-,25+,30+,31-/m1/s1. The number of amides is 1. The number of hydrogen-bond donors (Lipinski definition) is 5. The number of ether oxygens (including phenoxy) is 2. The first-order chi connectivity index (χ1) is 19.2. The van der Waals surface area contributed by atoms with Crippen molar-refractivity contribution in [2.24, 2.45) is 17.1 Å². The fourth-order valence-corrected chi connectivity index (χ4v) is 8.35. The summed E-state index contributed by atoms with van der Waals surface area (Å²) < 4.78 is 11.7. The number of Topliss-reactive ketones (excluding diaryl/α,β-unsaturated/α-hetero) is 2. The van der Waals surface area contributed by atoms with Gasteiger partial charge in [0.05, 0.1) is 24.2 Å². The lowest BCUT2D eigenvalue weighted by Gasteiger charge is -2.49. The van der Waals surface area contributed by atoms with Gasteiger partial charge in [-0.1, -0.05) is 25.5 Å². The van der Waals surface area contributed by atoms with Gasteiger partial charge in [0.1, 0.15) is 28.6 Å². The maximum Gasteiger partial charge on any atom is 0.255 e. The molecule has 6 rings (SSSR count). The Hall–Kier alpha value is -3.89. The number of phenols is 2. The van der Waals surface area contributed by atoms with Crippen molar-refractivity contribution in [3.63, 3.8) is 0 Å². The van der Waals surface area contributed by atoms with Crippen LogP contribution in [0.5, 0.6) is 17.2 Å². The number of nitrogens with two attached hydrogens (primary N) is 1. The molecule has 41 heavy (non-hydrogen) atoms. The van der Waals surface area contributed by atoms with Crippen molar-refractivity contribution in [1.29, 1.82) is 0 Å². The Balaban J connectivity index is 1.77. The molecule has 10 heteroatoms. The van der Waals surface area contributed by atoms with E-state index in [9.17, 15) is 34.8 Å². The molecule has 10 nitrogen and oxygen atoms in total. The van der Waals surface area contributed by atoms with Crippen molar-refractivity contribution in [2.45, 2.75) is 63.6 Å². The Kier molecular flexibility index (Phi) is 5.54. The van der Waals surface area contributed by atoms with E-state index in [4.69, 9.17) is 15.2 Å². The molecule has 4 aliphatic rings. The van der Waals surface area contributed by atoms with Crippen molar-refractivity contribution in [2.75, 3.05) is 14.2 Å². The van der Waals surface area contributed by atoms with E-state index in [1.165, 1.54) is 20.3 Å². The molecule has 0 aromatic heterocycles. The number of benzene rings is 2. The average Bonchev–Trinajstić information content (AvgIpc) is 3.26. The van der Waals surface area contributed by atoms with Gasteiger partial charge in [-0.25, -0.2) is 0 Å². The zero-order chi connectivity index (χ0) is 30.0. The fourth-order valence-electron chi connectivity index (χ4n) is 8.35. The number of methoxy groups -OCH3 is 2. The second kappa shape index (κ2) is 8.33. The van der Waals surface area contributed by atoms with E-state index in [-0.39, 0.29) is 27.7 Å². The second-order valence-corrected chi connectivity index (χ2v) is 12.3. The largest absolute Gasteiger partial charge is 0.511 e. The van der Waals surface area contributed by atoms with E-state index in [0.29, 0.717) is 23.1 Å². The fraction of sp³-hybridized carbons (Fsp3) is 0.452. The zero-order valence-corrected chi connectivity index (χ0v) is 23.5. The molecular formula is C31H33NO9. The number of carbonyl (C=O) groups excluding carboxylic acids is 3. The van der Waals surface area contributed by atoms with E-state index < -0.39 is 64.0 Å². The van der Waals surface area contributed by atoms with Gasteiger partial charge in [-0.2, -0.15) is 0 Å². The lowest BCUT2D eigenvalue weighted by atomic mass is 9.54. The highest BCUT2D eigenvalue weighted by atomic mass is 16.5. The minimum Gasteiger partial charge on any atom is -0.511 e. The summed E-state index contributed by atoms with van der Waals surface area (Å²) in [5.74, 6) is -6.25. The smallest absolute Gasteiger partial charge is 0.255 e. The third-order valence-corrected chi connectivity index (χ3v) is 10.3.